The summed E-state index contributed by atoms with van der Waals surface area (Å²) < 4.78 is 5.98. The molecule has 2 heterocycles. The Morgan fingerprint density at radius 3 is 2.96 bits per heavy atom. The third kappa shape index (κ3) is 1.78. The van der Waals surface area contributed by atoms with E-state index in [0.29, 0.717) is 31.4 Å². The molecule has 134 valence electrons. The highest BCUT2D eigenvalue weighted by Gasteiger charge is 2.72. The van der Waals surface area contributed by atoms with Crippen LogP contribution in [0.25, 0.3) is 0 Å². The summed E-state index contributed by atoms with van der Waals surface area (Å²) in [5.74, 6) is 0.528. The molecule has 25 heavy (non-hydrogen) atoms. The highest BCUT2D eigenvalue weighted by atomic mass is 79.9. The number of phenols is 1. The number of ketones is 1. The minimum Gasteiger partial charge on any atom is -0.504 e. The normalized spacial score (nSPS) is 37.7. The van der Waals surface area contributed by atoms with E-state index < -0.39 is 17.1 Å². The maximum Gasteiger partial charge on any atom is 0.174 e. The summed E-state index contributed by atoms with van der Waals surface area (Å²) in [5, 5.41) is 22.1. The quantitative estimate of drug-likeness (QED) is 0.732. The molecule has 2 fully saturated rings. The summed E-state index contributed by atoms with van der Waals surface area (Å²) in [6, 6.07) is 3.52. The van der Waals surface area contributed by atoms with Gasteiger partial charge < -0.3 is 14.9 Å². The van der Waals surface area contributed by atoms with Crippen molar-refractivity contribution in [2.45, 2.75) is 48.8 Å². The second-order valence-corrected chi connectivity index (χ2v) is 7.56. The number of aliphatic hydroxyl groups is 1. The molecule has 4 atom stereocenters. The SMILES string of the molecule is Br.C=CCN1CC[C@]23c4c5ccc(O)c4O[C@H]2C(=O)CC[C@@]3(O)[C@H]1C5. The number of halogens is 1. The van der Waals surface area contributed by atoms with Crippen LogP contribution in [0.3, 0.4) is 0 Å². The first-order valence-corrected chi connectivity index (χ1v) is 8.65. The van der Waals surface area contributed by atoms with Crippen molar-refractivity contribution in [2.75, 3.05) is 13.1 Å². The van der Waals surface area contributed by atoms with Crippen molar-refractivity contribution in [3.63, 3.8) is 0 Å². The summed E-state index contributed by atoms with van der Waals surface area (Å²) in [5.41, 5.74) is 0.256. The van der Waals surface area contributed by atoms with Crippen molar-refractivity contribution in [2.24, 2.45) is 0 Å². The van der Waals surface area contributed by atoms with Gasteiger partial charge in [-0.1, -0.05) is 12.1 Å². The molecule has 5 nitrogen and oxygen atoms in total. The highest BCUT2D eigenvalue weighted by Crippen LogP contribution is 2.64. The number of carbonyl (C=O) groups excluding carboxylic acids is 1. The van der Waals surface area contributed by atoms with Gasteiger partial charge in [-0.05, 0) is 30.9 Å². The first kappa shape index (κ1) is 17.1. The molecule has 2 N–H and O–H groups in total. The van der Waals surface area contributed by atoms with Gasteiger partial charge in [0.05, 0.1) is 11.0 Å². The highest BCUT2D eigenvalue weighted by molar-refractivity contribution is 8.93. The molecule has 0 radical (unpaired) electrons. The van der Waals surface area contributed by atoms with Crippen LogP contribution >= 0.6 is 17.0 Å². The molecule has 0 amide bonds. The topological polar surface area (TPSA) is 70.0 Å². The Balaban J connectivity index is 0.00000157. The summed E-state index contributed by atoms with van der Waals surface area (Å²) >= 11 is 0. The first-order valence-electron chi connectivity index (χ1n) is 8.65. The third-order valence-corrected chi connectivity index (χ3v) is 6.73. The fourth-order valence-electron chi connectivity index (χ4n) is 5.80. The van der Waals surface area contributed by atoms with E-state index in [9.17, 15) is 15.0 Å². The summed E-state index contributed by atoms with van der Waals surface area (Å²) in [4.78, 5) is 14.9. The molecule has 1 aromatic rings. The minimum atomic E-state index is -1.00. The predicted octanol–water partition coefficient (Wildman–Crippen LogP) is 1.88. The van der Waals surface area contributed by atoms with Crippen LogP contribution in [0.15, 0.2) is 24.8 Å². The van der Waals surface area contributed by atoms with E-state index in [1.54, 1.807) is 6.07 Å². The first-order chi connectivity index (χ1) is 11.5. The Kier molecular flexibility index (Phi) is 3.63. The number of benzene rings is 1. The maximum atomic E-state index is 12.6. The number of Topliss-reactive ketones (excluding diaryl/α,β-unsaturated/α-hetero) is 1. The molecule has 0 aromatic heterocycles. The van der Waals surface area contributed by atoms with Crippen LogP contribution in [0.4, 0.5) is 0 Å². The number of piperidine rings is 1. The van der Waals surface area contributed by atoms with Gasteiger partial charge >= 0.3 is 0 Å². The van der Waals surface area contributed by atoms with Gasteiger partial charge in [0, 0.05) is 31.1 Å². The van der Waals surface area contributed by atoms with Gasteiger partial charge in [-0.25, -0.2) is 0 Å². The molecule has 1 saturated carbocycles. The van der Waals surface area contributed by atoms with Crippen molar-refractivity contribution in [3.05, 3.63) is 35.9 Å². The molecule has 4 aliphatic rings. The molecule has 2 aliphatic carbocycles. The van der Waals surface area contributed by atoms with Crippen molar-refractivity contribution in [1.82, 2.24) is 4.90 Å². The zero-order chi connectivity index (χ0) is 16.7. The number of likely N-dealkylation sites (tertiary alicyclic amines) is 1. The second-order valence-electron chi connectivity index (χ2n) is 7.56. The van der Waals surface area contributed by atoms with Crippen LogP contribution in [0.5, 0.6) is 11.5 Å². The number of carbonyl (C=O) groups is 1. The number of hydrogen-bond donors (Lipinski definition) is 2. The lowest BCUT2D eigenvalue weighted by molar-refractivity contribution is -0.187. The molecule has 1 aromatic carbocycles. The standard InChI is InChI=1S/C19H21NO4.BrH/c1-2-8-20-9-7-18-15-11-3-4-12(21)16(15)24-17(18)13(22)5-6-19(18,23)14(20)10-11;/h2-4,14,17,21,23H,1,5-10H2;1H/t14-,17+,18+,19-;/m1./s1. The molecule has 2 aliphatic heterocycles. The summed E-state index contributed by atoms with van der Waals surface area (Å²) in [6.45, 7) is 5.36. The van der Waals surface area contributed by atoms with Crippen molar-refractivity contribution in [1.29, 1.82) is 0 Å². The van der Waals surface area contributed by atoms with Crippen LogP contribution in [0, 0.1) is 0 Å². The Morgan fingerprint density at radius 1 is 1.40 bits per heavy atom. The lowest BCUT2D eigenvalue weighted by Gasteiger charge is -2.62. The smallest absolute Gasteiger partial charge is 0.174 e. The second kappa shape index (κ2) is 5.32. The van der Waals surface area contributed by atoms with Crippen LogP contribution in [-0.2, 0) is 16.6 Å². The van der Waals surface area contributed by atoms with Gasteiger partial charge in [0.2, 0.25) is 0 Å². The lowest BCUT2D eigenvalue weighted by atomic mass is 9.49. The van der Waals surface area contributed by atoms with E-state index >= 15 is 0 Å². The van der Waals surface area contributed by atoms with Crippen LogP contribution in [0.1, 0.15) is 30.4 Å². The number of nitrogens with zero attached hydrogens (tertiary/aromatic N) is 1. The largest absolute Gasteiger partial charge is 0.504 e. The van der Waals surface area contributed by atoms with Crippen molar-refractivity contribution >= 4 is 22.8 Å². The molecule has 5 rings (SSSR count). The number of ether oxygens (including phenoxy) is 1. The maximum absolute atomic E-state index is 12.6. The van der Waals surface area contributed by atoms with Crippen LogP contribution < -0.4 is 4.74 Å². The van der Waals surface area contributed by atoms with E-state index in [2.05, 4.69) is 11.5 Å². The van der Waals surface area contributed by atoms with Gasteiger partial charge in [-0.15, -0.1) is 23.6 Å². The molecule has 6 heteroatoms. The fourth-order valence-corrected chi connectivity index (χ4v) is 5.80. The monoisotopic (exact) mass is 407 g/mol. The average Bonchev–Trinajstić information content (AvgIpc) is 2.91. The minimum absolute atomic E-state index is 0. The molecular formula is C19H22BrNO4. The summed E-state index contributed by atoms with van der Waals surface area (Å²) in [7, 11) is 0. The number of aromatic hydroxyl groups is 1. The molecular weight excluding hydrogens is 386 g/mol. The number of hydrogen-bond acceptors (Lipinski definition) is 5. The molecule has 1 saturated heterocycles. The van der Waals surface area contributed by atoms with E-state index in [4.69, 9.17) is 4.74 Å². The van der Waals surface area contributed by atoms with Gasteiger partial charge in [0.1, 0.15) is 0 Å². The molecule has 1 spiro atoms. The zero-order valence-electron chi connectivity index (χ0n) is 13.9. The van der Waals surface area contributed by atoms with Gasteiger partial charge in [0.15, 0.2) is 23.4 Å². The van der Waals surface area contributed by atoms with Gasteiger partial charge in [-0.2, -0.15) is 0 Å². The van der Waals surface area contributed by atoms with E-state index in [-0.39, 0.29) is 34.6 Å². The number of phenolic OH excluding ortho intramolecular Hbond substituents is 1. The van der Waals surface area contributed by atoms with E-state index in [0.717, 1.165) is 24.2 Å². The third-order valence-electron chi connectivity index (χ3n) is 6.73. The van der Waals surface area contributed by atoms with E-state index in [1.807, 2.05) is 12.1 Å². The van der Waals surface area contributed by atoms with Crippen LogP contribution in [0.2, 0.25) is 0 Å². The van der Waals surface area contributed by atoms with Crippen molar-refractivity contribution < 1.29 is 19.7 Å². The van der Waals surface area contributed by atoms with Crippen molar-refractivity contribution in [3.8, 4) is 11.5 Å². The van der Waals surface area contributed by atoms with Gasteiger partial charge in [-0.3, -0.25) is 9.69 Å². The lowest BCUT2D eigenvalue weighted by Crippen LogP contribution is -2.76. The molecule has 0 unspecified atom stereocenters. The Bertz CT molecular complexity index is 781. The fraction of sp³-hybridized carbons (Fsp3) is 0.526. The Hall–Kier alpha value is -1.37. The average molecular weight is 408 g/mol. The zero-order valence-corrected chi connectivity index (χ0v) is 15.6. The molecule has 2 bridgehead atoms. The Morgan fingerprint density at radius 2 is 2.20 bits per heavy atom. The number of rotatable bonds is 2. The van der Waals surface area contributed by atoms with E-state index in [1.165, 1.54) is 0 Å². The predicted molar refractivity (Wildman–Crippen MR) is 97.6 cm³/mol. The Labute approximate surface area is 157 Å². The van der Waals surface area contributed by atoms with Crippen LogP contribution in [-0.4, -0.2) is 51.7 Å². The summed E-state index contributed by atoms with van der Waals surface area (Å²) in [6.07, 6.45) is 3.35. The van der Waals surface area contributed by atoms with Gasteiger partial charge in [0.25, 0.3) is 0 Å².